The summed E-state index contributed by atoms with van der Waals surface area (Å²) in [4.78, 5) is 51.3. The Hall–Kier alpha value is -3.82. The number of nitro groups is 1. The fraction of sp³-hybridized carbons (Fsp3) is 0.176. The van der Waals surface area contributed by atoms with Gasteiger partial charge in [0.15, 0.2) is 11.3 Å². The van der Waals surface area contributed by atoms with E-state index in [9.17, 15) is 24.5 Å². The molecule has 27 heavy (non-hydrogen) atoms. The summed E-state index contributed by atoms with van der Waals surface area (Å²) < 4.78 is 6.77. The Bertz CT molecular complexity index is 1210. The number of pyridine rings is 1. The maximum Gasteiger partial charge on any atom is 0.356 e. The fourth-order valence-electron chi connectivity index (χ4n) is 2.75. The smallest absolute Gasteiger partial charge is 0.356 e. The standard InChI is InChI=1S/C17H14N4O6/c1-19-14-13(15(22)20(2)17(19)24)11(8-12(18-14)16(23)27-3)9-4-6-10(7-5-9)21(25)26/h4-8H,1-3H3. The lowest BCUT2D eigenvalue weighted by atomic mass is 10.0. The molecule has 1 aromatic carbocycles. The molecule has 0 saturated heterocycles. The average molecular weight is 370 g/mol. The predicted octanol–water partition coefficient (Wildman–Crippen LogP) is 0.994. The highest BCUT2D eigenvalue weighted by molar-refractivity contribution is 5.98. The number of esters is 1. The Labute approximate surface area is 151 Å². The first kappa shape index (κ1) is 18.0. The lowest BCUT2D eigenvalue weighted by molar-refractivity contribution is -0.384. The van der Waals surface area contributed by atoms with Gasteiger partial charge in [0.1, 0.15) is 0 Å². The molecule has 2 aromatic heterocycles. The first-order chi connectivity index (χ1) is 12.8. The molecule has 0 saturated carbocycles. The number of non-ortho nitro benzene ring substituents is 1. The summed E-state index contributed by atoms with van der Waals surface area (Å²) >= 11 is 0. The van der Waals surface area contributed by atoms with Crippen LogP contribution in [0.5, 0.6) is 0 Å². The van der Waals surface area contributed by atoms with Crippen molar-refractivity contribution in [3.63, 3.8) is 0 Å². The number of carbonyl (C=O) groups is 1. The summed E-state index contributed by atoms with van der Waals surface area (Å²) in [7, 11) is 3.94. The lowest BCUT2D eigenvalue weighted by Gasteiger charge is -2.12. The van der Waals surface area contributed by atoms with Gasteiger partial charge in [-0.1, -0.05) is 0 Å². The van der Waals surface area contributed by atoms with Crippen molar-refractivity contribution in [2.75, 3.05) is 7.11 Å². The van der Waals surface area contributed by atoms with Crippen LogP contribution in [0.3, 0.4) is 0 Å². The molecule has 0 spiro atoms. The molecule has 138 valence electrons. The average Bonchev–Trinajstić information content (AvgIpc) is 2.69. The van der Waals surface area contributed by atoms with Crippen LogP contribution in [0.25, 0.3) is 22.2 Å². The summed E-state index contributed by atoms with van der Waals surface area (Å²) in [5.41, 5.74) is -0.631. The van der Waals surface area contributed by atoms with Crippen LogP contribution in [0, 0.1) is 10.1 Å². The first-order valence-electron chi connectivity index (χ1n) is 7.70. The number of carbonyl (C=O) groups excluding carboxylic acids is 1. The van der Waals surface area contributed by atoms with Crippen molar-refractivity contribution in [1.29, 1.82) is 0 Å². The van der Waals surface area contributed by atoms with E-state index in [0.29, 0.717) is 11.1 Å². The molecule has 0 amide bonds. The van der Waals surface area contributed by atoms with Crippen LogP contribution in [-0.4, -0.2) is 32.1 Å². The number of fused-ring (bicyclic) bond motifs is 1. The summed E-state index contributed by atoms with van der Waals surface area (Å²) in [6.45, 7) is 0. The molecule has 0 atom stereocenters. The molecule has 2 heterocycles. The first-order valence-corrected chi connectivity index (χ1v) is 7.70. The Morgan fingerprint density at radius 3 is 2.33 bits per heavy atom. The van der Waals surface area contributed by atoms with Crippen LogP contribution < -0.4 is 11.2 Å². The molecule has 3 rings (SSSR count). The van der Waals surface area contributed by atoms with Crippen molar-refractivity contribution in [2.45, 2.75) is 0 Å². The van der Waals surface area contributed by atoms with Gasteiger partial charge in [-0.25, -0.2) is 14.6 Å². The summed E-state index contributed by atoms with van der Waals surface area (Å²) in [5, 5.41) is 11.0. The quantitative estimate of drug-likeness (QED) is 0.382. The van der Waals surface area contributed by atoms with Crippen molar-refractivity contribution in [3.8, 4) is 11.1 Å². The molecule has 10 nitrogen and oxygen atoms in total. The second-order valence-corrected chi connectivity index (χ2v) is 5.75. The van der Waals surface area contributed by atoms with Crippen LogP contribution in [0.4, 0.5) is 5.69 Å². The van der Waals surface area contributed by atoms with Crippen molar-refractivity contribution in [1.82, 2.24) is 14.1 Å². The molecule has 0 bridgehead atoms. The Balaban J connectivity index is 2.45. The van der Waals surface area contributed by atoms with Crippen molar-refractivity contribution in [3.05, 3.63) is 67.0 Å². The van der Waals surface area contributed by atoms with Crippen LogP contribution in [0.2, 0.25) is 0 Å². The molecule has 0 aliphatic rings. The number of aryl methyl sites for hydroxylation is 1. The Morgan fingerprint density at radius 2 is 1.78 bits per heavy atom. The van der Waals surface area contributed by atoms with E-state index in [-0.39, 0.29) is 22.4 Å². The van der Waals surface area contributed by atoms with Gasteiger partial charge < -0.3 is 4.74 Å². The molecular weight excluding hydrogens is 356 g/mol. The highest BCUT2D eigenvalue weighted by Crippen LogP contribution is 2.28. The third-order valence-corrected chi connectivity index (χ3v) is 4.19. The molecule has 0 aliphatic carbocycles. The largest absolute Gasteiger partial charge is 0.464 e. The number of benzene rings is 1. The van der Waals surface area contributed by atoms with Crippen molar-refractivity contribution < 1.29 is 14.5 Å². The maximum absolute atomic E-state index is 12.7. The van der Waals surface area contributed by atoms with E-state index in [0.717, 1.165) is 9.13 Å². The normalized spacial score (nSPS) is 10.8. The van der Waals surface area contributed by atoms with Gasteiger partial charge in [-0.05, 0) is 23.8 Å². The van der Waals surface area contributed by atoms with Gasteiger partial charge in [0.25, 0.3) is 11.2 Å². The molecule has 0 radical (unpaired) electrons. The summed E-state index contributed by atoms with van der Waals surface area (Å²) in [6, 6.07) is 6.84. The number of hydrogen-bond donors (Lipinski definition) is 0. The Kier molecular flexibility index (Phi) is 4.32. The number of nitro benzene ring substituents is 1. The zero-order valence-electron chi connectivity index (χ0n) is 14.6. The highest BCUT2D eigenvalue weighted by Gasteiger charge is 2.20. The Morgan fingerprint density at radius 1 is 1.15 bits per heavy atom. The lowest BCUT2D eigenvalue weighted by Crippen LogP contribution is -2.37. The number of rotatable bonds is 3. The third kappa shape index (κ3) is 2.86. The second kappa shape index (κ2) is 6.48. The van der Waals surface area contributed by atoms with E-state index < -0.39 is 22.1 Å². The van der Waals surface area contributed by atoms with E-state index in [1.807, 2.05) is 0 Å². The van der Waals surface area contributed by atoms with Crippen LogP contribution in [-0.2, 0) is 18.8 Å². The van der Waals surface area contributed by atoms with E-state index in [1.165, 1.54) is 51.5 Å². The van der Waals surface area contributed by atoms with Crippen LogP contribution >= 0.6 is 0 Å². The minimum atomic E-state index is -0.742. The zero-order chi connectivity index (χ0) is 19.9. The van der Waals surface area contributed by atoms with Gasteiger partial charge in [0.2, 0.25) is 0 Å². The minimum Gasteiger partial charge on any atom is -0.464 e. The number of hydrogen-bond acceptors (Lipinski definition) is 7. The fourth-order valence-corrected chi connectivity index (χ4v) is 2.75. The van der Waals surface area contributed by atoms with Gasteiger partial charge in [-0.3, -0.25) is 24.0 Å². The second-order valence-electron chi connectivity index (χ2n) is 5.75. The van der Waals surface area contributed by atoms with Gasteiger partial charge >= 0.3 is 11.7 Å². The molecule has 0 unspecified atom stereocenters. The minimum absolute atomic E-state index is 0.0133. The van der Waals surface area contributed by atoms with E-state index >= 15 is 0 Å². The van der Waals surface area contributed by atoms with E-state index in [4.69, 9.17) is 0 Å². The molecular formula is C17H14N4O6. The van der Waals surface area contributed by atoms with Gasteiger partial charge in [0, 0.05) is 31.8 Å². The number of nitrogens with zero attached hydrogens (tertiary/aromatic N) is 4. The zero-order valence-corrected chi connectivity index (χ0v) is 14.6. The summed E-state index contributed by atoms with van der Waals surface area (Å²) in [6.07, 6.45) is 0. The number of aromatic nitrogens is 3. The number of methoxy groups -OCH3 is 1. The predicted molar refractivity (Wildman–Crippen MR) is 95.7 cm³/mol. The van der Waals surface area contributed by atoms with Crippen LogP contribution in [0.1, 0.15) is 10.5 Å². The molecule has 0 aliphatic heterocycles. The topological polar surface area (TPSA) is 126 Å². The number of ether oxygens (including phenoxy) is 1. The van der Waals surface area contributed by atoms with Crippen molar-refractivity contribution in [2.24, 2.45) is 14.1 Å². The molecule has 10 heteroatoms. The van der Waals surface area contributed by atoms with Crippen LogP contribution in [0.15, 0.2) is 39.9 Å². The molecule has 0 N–H and O–H groups in total. The van der Waals surface area contributed by atoms with Crippen molar-refractivity contribution >= 4 is 22.7 Å². The van der Waals surface area contributed by atoms with Gasteiger partial charge in [0.05, 0.1) is 17.4 Å². The SMILES string of the molecule is COC(=O)c1cc(-c2ccc([N+](=O)[O-])cc2)c2c(=O)n(C)c(=O)n(C)c2n1. The summed E-state index contributed by atoms with van der Waals surface area (Å²) in [5.74, 6) is -0.742. The van der Waals surface area contributed by atoms with E-state index in [2.05, 4.69) is 9.72 Å². The van der Waals surface area contributed by atoms with Gasteiger partial charge in [-0.2, -0.15) is 0 Å². The molecule has 3 aromatic rings. The van der Waals surface area contributed by atoms with E-state index in [1.54, 1.807) is 0 Å². The monoisotopic (exact) mass is 370 g/mol. The highest BCUT2D eigenvalue weighted by atomic mass is 16.6. The maximum atomic E-state index is 12.7. The third-order valence-electron chi connectivity index (χ3n) is 4.19. The molecule has 0 fully saturated rings. The van der Waals surface area contributed by atoms with Gasteiger partial charge in [-0.15, -0.1) is 0 Å².